The van der Waals surface area contributed by atoms with Crippen LogP contribution in [-0.4, -0.2) is 44.2 Å². The molecule has 0 radical (unpaired) electrons. The van der Waals surface area contributed by atoms with Crippen molar-refractivity contribution in [2.45, 2.75) is 45.1 Å². The number of methoxy groups -OCH3 is 1. The second-order valence-electron chi connectivity index (χ2n) is 7.41. The molecular weight excluding hydrogens is 368 g/mol. The molecule has 29 heavy (non-hydrogen) atoms. The predicted octanol–water partition coefficient (Wildman–Crippen LogP) is 4.42. The van der Waals surface area contributed by atoms with Crippen LogP contribution in [0.15, 0.2) is 41.0 Å². The average molecular weight is 401 g/mol. The molecule has 1 aliphatic heterocycles. The van der Waals surface area contributed by atoms with Gasteiger partial charge in [0, 0.05) is 12.1 Å². The first-order valence-corrected chi connectivity index (χ1v) is 10.6. The van der Waals surface area contributed by atoms with Crippen molar-refractivity contribution in [1.82, 2.24) is 10.2 Å². The van der Waals surface area contributed by atoms with Crippen LogP contribution < -0.4 is 14.8 Å². The van der Waals surface area contributed by atoms with Crippen LogP contribution in [0.3, 0.4) is 0 Å². The van der Waals surface area contributed by atoms with Crippen LogP contribution in [0.4, 0.5) is 0 Å². The minimum atomic E-state index is -0.128. The van der Waals surface area contributed by atoms with Crippen molar-refractivity contribution in [3.05, 3.63) is 47.9 Å². The number of amides is 1. The molecule has 6 nitrogen and oxygen atoms in total. The summed E-state index contributed by atoms with van der Waals surface area (Å²) in [6.45, 7) is 5.31. The molecule has 2 heterocycles. The Morgan fingerprint density at radius 1 is 1.21 bits per heavy atom. The first-order chi connectivity index (χ1) is 14.2. The smallest absolute Gasteiger partial charge is 0.251 e. The molecule has 0 aliphatic carbocycles. The van der Waals surface area contributed by atoms with Crippen molar-refractivity contribution in [3.8, 4) is 11.5 Å². The van der Waals surface area contributed by atoms with Gasteiger partial charge in [-0.3, -0.25) is 9.69 Å². The van der Waals surface area contributed by atoms with Gasteiger partial charge in [0.25, 0.3) is 5.91 Å². The highest BCUT2D eigenvalue weighted by atomic mass is 16.5. The maximum Gasteiger partial charge on any atom is 0.251 e. The van der Waals surface area contributed by atoms with Gasteiger partial charge >= 0.3 is 0 Å². The van der Waals surface area contributed by atoms with E-state index >= 15 is 0 Å². The maximum absolute atomic E-state index is 12.8. The van der Waals surface area contributed by atoms with Crippen LogP contribution in [0.25, 0.3) is 0 Å². The fourth-order valence-corrected chi connectivity index (χ4v) is 3.67. The summed E-state index contributed by atoms with van der Waals surface area (Å²) in [5.74, 6) is 2.01. The largest absolute Gasteiger partial charge is 0.493 e. The normalized spacial score (nSPS) is 15.7. The molecule has 0 saturated carbocycles. The van der Waals surface area contributed by atoms with E-state index in [1.807, 2.05) is 12.1 Å². The van der Waals surface area contributed by atoms with Crippen LogP contribution in [-0.2, 0) is 0 Å². The molecule has 1 aromatic heterocycles. The topological polar surface area (TPSA) is 63.9 Å². The molecule has 1 amide bonds. The van der Waals surface area contributed by atoms with Crippen LogP contribution in [0.2, 0.25) is 0 Å². The Labute approximate surface area is 173 Å². The summed E-state index contributed by atoms with van der Waals surface area (Å²) in [7, 11) is 1.59. The lowest BCUT2D eigenvalue weighted by molar-refractivity contribution is 0.0913. The standard InChI is InChI=1S/C23H32N2O4/c1-3-4-14-29-21-11-10-18(16-22(21)27-2)23(26)24-17-19(20-9-8-15-28-20)25-12-6-5-7-13-25/h8-11,15-16,19H,3-7,12-14,17H2,1-2H3,(H,24,26). The van der Waals surface area contributed by atoms with E-state index in [9.17, 15) is 4.79 Å². The van der Waals surface area contributed by atoms with E-state index in [1.54, 1.807) is 31.6 Å². The van der Waals surface area contributed by atoms with E-state index < -0.39 is 0 Å². The number of hydrogen-bond donors (Lipinski definition) is 1. The number of hydrogen-bond acceptors (Lipinski definition) is 5. The lowest BCUT2D eigenvalue weighted by Gasteiger charge is -2.33. The number of ether oxygens (including phenoxy) is 2. The Bertz CT molecular complexity index is 754. The SMILES string of the molecule is CCCCOc1ccc(C(=O)NCC(c2ccco2)N2CCCCC2)cc1OC. The highest BCUT2D eigenvalue weighted by molar-refractivity contribution is 5.94. The molecule has 1 aromatic carbocycles. The lowest BCUT2D eigenvalue weighted by atomic mass is 10.1. The summed E-state index contributed by atoms with van der Waals surface area (Å²) in [6.07, 6.45) is 7.37. The van der Waals surface area contributed by atoms with Gasteiger partial charge in [-0.1, -0.05) is 19.8 Å². The molecule has 3 rings (SSSR count). The number of unbranched alkanes of at least 4 members (excludes halogenated alkanes) is 1. The monoisotopic (exact) mass is 400 g/mol. The van der Waals surface area contributed by atoms with E-state index in [2.05, 4.69) is 17.1 Å². The molecular formula is C23H32N2O4. The Morgan fingerprint density at radius 3 is 2.72 bits per heavy atom. The summed E-state index contributed by atoms with van der Waals surface area (Å²) < 4.78 is 16.8. The van der Waals surface area contributed by atoms with E-state index in [1.165, 1.54) is 19.3 Å². The number of piperidine rings is 1. The number of furan rings is 1. The quantitative estimate of drug-likeness (QED) is 0.598. The third-order valence-electron chi connectivity index (χ3n) is 5.34. The van der Waals surface area contributed by atoms with Crippen molar-refractivity contribution in [3.63, 3.8) is 0 Å². The van der Waals surface area contributed by atoms with Crippen LogP contribution in [0.1, 0.15) is 61.2 Å². The maximum atomic E-state index is 12.8. The summed E-state index contributed by atoms with van der Waals surface area (Å²) in [5, 5.41) is 3.07. The third kappa shape index (κ3) is 5.76. The van der Waals surface area contributed by atoms with Gasteiger partial charge in [-0.2, -0.15) is 0 Å². The fourth-order valence-electron chi connectivity index (χ4n) is 3.67. The van der Waals surface area contributed by atoms with Crippen LogP contribution in [0, 0.1) is 0 Å². The third-order valence-corrected chi connectivity index (χ3v) is 5.34. The van der Waals surface area contributed by atoms with Gasteiger partial charge in [-0.25, -0.2) is 0 Å². The van der Waals surface area contributed by atoms with E-state index in [0.29, 0.717) is 30.2 Å². The first kappa shape index (κ1) is 21.2. The summed E-state index contributed by atoms with van der Waals surface area (Å²) in [5.41, 5.74) is 0.557. The molecule has 1 N–H and O–H groups in total. The highest BCUT2D eigenvalue weighted by Crippen LogP contribution is 2.29. The molecule has 1 aliphatic rings. The zero-order valence-electron chi connectivity index (χ0n) is 17.5. The van der Waals surface area contributed by atoms with Crippen molar-refractivity contribution < 1.29 is 18.7 Å². The number of carbonyl (C=O) groups excluding carboxylic acids is 1. The molecule has 0 bridgehead atoms. The summed E-state index contributed by atoms with van der Waals surface area (Å²) in [4.78, 5) is 15.2. The van der Waals surface area contributed by atoms with Crippen molar-refractivity contribution in [2.75, 3.05) is 33.4 Å². The molecule has 0 spiro atoms. The van der Waals surface area contributed by atoms with Crippen molar-refractivity contribution in [1.29, 1.82) is 0 Å². The van der Waals surface area contributed by atoms with E-state index in [4.69, 9.17) is 13.9 Å². The average Bonchev–Trinajstić information content (AvgIpc) is 3.29. The molecule has 2 aromatic rings. The molecule has 1 unspecified atom stereocenters. The Morgan fingerprint density at radius 2 is 2.03 bits per heavy atom. The fraction of sp³-hybridized carbons (Fsp3) is 0.522. The number of nitrogens with one attached hydrogen (secondary N) is 1. The van der Waals surface area contributed by atoms with Gasteiger partial charge in [0.05, 0.1) is 26.0 Å². The Balaban J connectivity index is 1.65. The van der Waals surface area contributed by atoms with E-state index in [0.717, 1.165) is 31.7 Å². The predicted molar refractivity (Wildman–Crippen MR) is 113 cm³/mol. The minimum Gasteiger partial charge on any atom is -0.493 e. The number of nitrogens with zero attached hydrogens (tertiary/aromatic N) is 1. The van der Waals surface area contributed by atoms with Crippen LogP contribution in [0.5, 0.6) is 11.5 Å². The van der Waals surface area contributed by atoms with Gasteiger partial charge in [0.2, 0.25) is 0 Å². The minimum absolute atomic E-state index is 0.0489. The number of benzene rings is 1. The second kappa shape index (κ2) is 10.9. The number of rotatable bonds is 10. The van der Waals surface area contributed by atoms with Crippen molar-refractivity contribution >= 4 is 5.91 Å². The second-order valence-corrected chi connectivity index (χ2v) is 7.41. The molecule has 158 valence electrons. The Kier molecular flexibility index (Phi) is 7.99. The number of likely N-dealkylation sites (tertiary alicyclic amines) is 1. The van der Waals surface area contributed by atoms with Gasteiger partial charge in [-0.05, 0) is 62.7 Å². The molecule has 6 heteroatoms. The Hall–Kier alpha value is -2.47. The van der Waals surface area contributed by atoms with Gasteiger partial charge in [0.1, 0.15) is 5.76 Å². The molecule has 1 saturated heterocycles. The zero-order chi connectivity index (χ0) is 20.5. The van der Waals surface area contributed by atoms with E-state index in [-0.39, 0.29) is 11.9 Å². The van der Waals surface area contributed by atoms with Gasteiger partial charge in [0.15, 0.2) is 11.5 Å². The molecule has 1 atom stereocenters. The van der Waals surface area contributed by atoms with Gasteiger partial charge in [-0.15, -0.1) is 0 Å². The van der Waals surface area contributed by atoms with Crippen molar-refractivity contribution in [2.24, 2.45) is 0 Å². The first-order valence-electron chi connectivity index (χ1n) is 10.6. The summed E-state index contributed by atoms with van der Waals surface area (Å²) >= 11 is 0. The highest BCUT2D eigenvalue weighted by Gasteiger charge is 2.25. The summed E-state index contributed by atoms with van der Waals surface area (Å²) in [6, 6.07) is 9.25. The number of carbonyl (C=O) groups is 1. The van der Waals surface area contributed by atoms with Gasteiger partial charge < -0.3 is 19.2 Å². The molecule has 1 fully saturated rings. The zero-order valence-corrected chi connectivity index (χ0v) is 17.5. The van der Waals surface area contributed by atoms with Crippen LogP contribution >= 0.6 is 0 Å². The lowest BCUT2D eigenvalue weighted by Crippen LogP contribution is -2.40.